The number of fused-ring (bicyclic) bond motifs is 1. The number of nitrogens with one attached hydrogen (secondary N) is 2. The van der Waals surface area contributed by atoms with Gasteiger partial charge in [0.2, 0.25) is 5.91 Å². The molecule has 0 radical (unpaired) electrons. The number of carbonyl (C=O) groups excluding carboxylic acids is 1. The highest BCUT2D eigenvalue weighted by atomic mass is 32.2. The highest BCUT2D eigenvalue weighted by molar-refractivity contribution is 8.00. The first-order chi connectivity index (χ1) is 15.3. The van der Waals surface area contributed by atoms with Gasteiger partial charge < -0.3 is 5.32 Å². The number of anilines is 1. The number of aromatic nitrogens is 2. The number of aromatic amines is 1. The number of thioether (sulfide) groups is 1. The van der Waals surface area contributed by atoms with Gasteiger partial charge in [0.25, 0.3) is 0 Å². The fourth-order valence-electron chi connectivity index (χ4n) is 3.75. The van der Waals surface area contributed by atoms with E-state index in [9.17, 15) is 13.2 Å². The van der Waals surface area contributed by atoms with E-state index in [0.717, 1.165) is 34.1 Å². The smallest absolute Gasteiger partial charge is 0.325 e. The summed E-state index contributed by atoms with van der Waals surface area (Å²) >= 11 is 1.15. The zero-order chi connectivity index (χ0) is 22.9. The second-order valence-electron chi connectivity index (χ2n) is 7.64. The number of nitrogens with zero attached hydrogens (tertiary/aromatic N) is 1. The number of amides is 1. The monoisotopic (exact) mass is 466 g/mol. The lowest BCUT2D eigenvalue weighted by molar-refractivity contribution is -0.526. The van der Waals surface area contributed by atoms with Crippen LogP contribution < -0.4 is 9.29 Å². The van der Waals surface area contributed by atoms with E-state index in [0.29, 0.717) is 16.2 Å². The minimum atomic E-state index is -3.85. The summed E-state index contributed by atoms with van der Waals surface area (Å²) in [7, 11) is -3.85. The van der Waals surface area contributed by atoms with Gasteiger partial charge in [0.1, 0.15) is 4.90 Å². The van der Waals surface area contributed by atoms with Gasteiger partial charge in [-0.2, -0.15) is 8.42 Å². The molecule has 0 spiro atoms. The summed E-state index contributed by atoms with van der Waals surface area (Å²) in [6, 6.07) is 19.5. The third-order valence-electron chi connectivity index (χ3n) is 5.11. The lowest BCUT2D eigenvalue weighted by Gasteiger charge is -2.12. The first kappa shape index (κ1) is 22.1. The van der Waals surface area contributed by atoms with Crippen LogP contribution in [0.15, 0.2) is 76.8 Å². The van der Waals surface area contributed by atoms with E-state index in [1.165, 1.54) is 3.97 Å². The number of benzene rings is 3. The number of rotatable bonds is 6. The third kappa shape index (κ3) is 4.28. The molecule has 1 heterocycles. The van der Waals surface area contributed by atoms with Crippen LogP contribution in [0.5, 0.6) is 0 Å². The summed E-state index contributed by atoms with van der Waals surface area (Å²) in [5.74, 6) is -0.142. The first-order valence-electron chi connectivity index (χ1n) is 10.1. The molecule has 0 saturated carbocycles. The molecule has 0 aliphatic rings. The fraction of sp³-hybridized carbons (Fsp3) is 0.167. The highest BCUT2D eigenvalue weighted by Gasteiger charge is 2.31. The van der Waals surface area contributed by atoms with Gasteiger partial charge in [-0.1, -0.05) is 48.0 Å². The van der Waals surface area contributed by atoms with Crippen molar-refractivity contribution in [1.82, 2.24) is 4.98 Å². The Morgan fingerprint density at radius 2 is 1.59 bits per heavy atom. The van der Waals surface area contributed by atoms with Crippen LogP contribution in [-0.4, -0.2) is 25.1 Å². The largest absolute Gasteiger partial charge is 0.336 e. The minimum Gasteiger partial charge on any atom is -0.325 e. The predicted octanol–water partition coefficient (Wildman–Crippen LogP) is 4.35. The molecule has 0 aliphatic carbocycles. The van der Waals surface area contributed by atoms with E-state index >= 15 is 0 Å². The molecule has 6 nitrogen and oxygen atoms in total. The Morgan fingerprint density at radius 1 is 0.969 bits per heavy atom. The molecular weight excluding hydrogens is 442 g/mol. The van der Waals surface area contributed by atoms with Gasteiger partial charge in [-0.25, -0.2) is 4.98 Å². The molecule has 3 aromatic carbocycles. The van der Waals surface area contributed by atoms with Crippen molar-refractivity contribution in [2.45, 2.75) is 30.8 Å². The van der Waals surface area contributed by atoms with Crippen LogP contribution in [0, 0.1) is 20.8 Å². The maximum atomic E-state index is 13.4. The van der Waals surface area contributed by atoms with Crippen LogP contribution >= 0.6 is 11.8 Å². The number of H-pyrrole nitrogens is 1. The summed E-state index contributed by atoms with van der Waals surface area (Å²) < 4.78 is 28.1. The maximum absolute atomic E-state index is 13.4. The van der Waals surface area contributed by atoms with Crippen molar-refractivity contribution in [2.24, 2.45) is 0 Å². The Labute approximate surface area is 191 Å². The van der Waals surface area contributed by atoms with Crippen molar-refractivity contribution < 1.29 is 17.2 Å². The van der Waals surface area contributed by atoms with Crippen LogP contribution in [0.3, 0.4) is 0 Å². The van der Waals surface area contributed by atoms with Gasteiger partial charge in [-0.15, -0.1) is 3.97 Å². The molecule has 0 aliphatic heterocycles. The van der Waals surface area contributed by atoms with Gasteiger partial charge >= 0.3 is 15.2 Å². The second-order valence-corrected chi connectivity index (χ2v) is 10.4. The van der Waals surface area contributed by atoms with Crippen LogP contribution in [-0.2, 0) is 14.8 Å². The number of aryl methyl sites for hydroxylation is 3. The topological polar surface area (TPSA) is 82.9 Å². The molecule has 0 fully saturated rings. The van der Waals surface area contributed by atoms with Crippen LogP contribution in [0.2, 0.25) is 0 Å². The molecule has 8 heteroatoms. The molecule has 1 aromatic heterocycles. The van der Waals surface area contributed by atoms with Gasteiger partial charge in [0, 0.05) is 5.69 Å². The van der Waals surface area contributed by atoms with Gasteiger partial charge in [-0.3, -0.25) is 4.79 Å². The van der Waals surface area contributed by atoms with E-state index in [1.807, 2.05) is 45.0 Å². The average Bonchev–Trinajstić information content (AvgIpc) is 3.14. The van der Waals surface area contributed by atoms with E-state index in [-0.39, 0.29) is 16.6 Å². The fourth-order valence-corrected chi connectivity index (χ4v) is 6.33. The van der Waals surface area contributed by atoms with Crippen LogP contribution in [0.4, 0.5) is 5.69 Å². The zero-order valence-electron chi connectivity index (χ0n) is 18.0. The summed E-state index contributed by atoms with van der Waals surface area (Å²) in [6.07, 6.45) is 0. The van der Waals surface area contributed by atoms with Crippen LogP contribution in [0.25, 0.3) is 11.0 Å². The van der Waals surface area contributed by atoms with Gasteiger partial charge in [0.05, 0.1) is 5.75 Å². The number of hydrogen-bond acceptors (Lipinski definition) is 4. The molecule has 4 aromatic rings. The van der Waals surface area contributed by atoms with Crippen molar-refractivity contribution in [3.63, 3.8) is 0 Å². The number of imidazole rings is 1. The average molecular weight is 467 g/mol. The molecular formula is C24H24N3O3S2+. The Balaban J connectivity index is 1.65. The Bertz CT molecular complexity index is 1390. The molecule has 1 amide bonds. The van der Waals surface area contributed by atoms with Gasteiger partial charge in [-0.05, 0) is 67.9 Å². The molecule has 0 atom stereocenters. The number of carbonyl (C=O) groups is 1. The Hall–Kier alpha value is -3.10. The summed E-state index contributed by atoms with van der Waals surface area (Å²) in [5.41, 5.74) is 5.13. The molecule has 0 saturated heterocycles. The molecule has 4 rings (SSSR count). The van der Waals surface area contributed by atoms with Gasteiger partial charge in [0.15, 0.2) is 11.0 Å². The van der Waals surface area contributed by atoms with E-state index in [1.54, 1.807) is 42.5 Å². The summed E-state index contributed by atoms with van der Waals surface area (Å²) in [4.78, 5) is 16.1. The van der Waals surface area contributed by atoms with Crippen molar-refractivity contribution in [2.75, 3.05) is 11.1 Å². The van der Waals surface area contributed by atoms with Crippen molar-refractivity contribution >= 4 is 44.4 Å². The molecule has 0 unspecified atom stereocenters. The summed E-state index contributed by atoms with van der Waals surface area (Å²) in [6.45, 7) is 5.94. The predicted molar refractivity (Wildman–Crippen MR) is 128 cm³/mol. The van der Waals surface area contributed by atoms with Crippen molar-refractivity contribution in [1.29, 1.82) is 0 Å². The molecule has 0 bridgehead atoms. The van der Waals surface area contributed by atoms with E-state index in [2.05, 4.69) is 10.3 Å². The SMILES string of the molecule is Cc1cc(C)c(NC(=O)CSc2[nH]c3ccccc3[n+]2S(=O)(=O)c2ccccc2)c(C)c1. The highest BCUT2D eigenvalue weighted by Crippen LogP contribution is 2.24. The minimum absolute atomic E-state index is 0.0594. The normalized spacial score (nSPS) is 11.6. The molecule has 32 heavy (non-hydrogen) atoms. The quantitative estimate of drug-likeness (QED) is 0.327. The number of hydrogen-bond donors (Lipinski definition) is 2. The maximum Gasteiger partial charge on any atom is 0.336 e. The lowest BCUT2D eigenvalue weighted by atomic mass is 10.1. The zero-order valence-corrected chi connectivity index (χ0v) is 19.7. The number of para-hydroxylation sites is 2. The van der Waals surface area contributed by atoms with E-state index < -0.39 is 10.0 Å². The third-order valence-corrected chi connectivity index (χ3v) is 7.92. The Kier molecular flexibility index (Phi) is 6.08. The molecule has 164 valence electrons. The molecule has 2 N–H and O–H groups in total. The second kappa shape index (κ2) is 8.80. The lowest BCUT2D eigenvalue weighted by Crippen LogP contribution is -2.44. The van der Waals surface area contributed by atoms with Crippen LogP contribution in [0.1, 0.15) is 16.7 Å². The van der Waals surface area contributed by atoms with Crippen molar-refractivity contribution in [3.05, 3.63) is 83.4 Å². The first-order valence-corrected chi connectivity index (χ1v) is 12.5. The van der Waals surface area contributed by atoms with Crippen molar-refractivity contribution in [3.8, 4) is 0 Å². The standard InChI is InChI=1S/C24H23N3O3S2/c1-16-13-17(2)23(18(3)14-16)26-22(28)15-31-24-25-20-11-7-8-12-21(20)27(24)32(29,30)19-9-5-4-6-10-19/h4-14H,15H2,1-3H3,(H,26,28)/p+1. The summed E-state index contributed by atoms with van der Waals surface area (Å²) in [5, 5.41) is 3.34. The Morgan fingerprint density at radius 3 is 2.28 bits per heavy atom. The van der Waals surface area contributed by atoms with E-state index in [4.69, 9.17) is 0 Å².